The summed E-state index contributed by atoms with van der Waals surface area (Å²) in [5, 5.41) is 0. The summed E-state index contributed by atoms with van der Waals surface area (Å²) >= 11 is 0. The van der Waals surface area contributed by atoms with E-state index in [0.29, 0.717) is 6.42 Å². The fraction of sp³-hybridized carbons (Fsp3) is 0.400. The van der Waals surface area contributed by atoms with Gasteiger partial charge in [0.25, 0.3) is 0 Å². The lowest BCUT2D eigenvalue weighted by molar-refractivity contribution is -0.870. The molecule has 0 heterocycles. The molecule has 0 unspecified atom stereocenters. The maximum atomic E-state index is 11.6. The van der Waals surface area contributed by atoms with Crippen molar-refractivity contribution in [3.8, 4) is 0 Å². The molecule has 0 aliphatic carbocycles. The summed E-state index contributed by atoms with van der Waals surface area (Å²) in [4.78, 5) is 11.6. The first kappa shape index (κ1) is 13.7. The number of allylic oxidation sites excluding steroid dienone is 1. The van der Waals surface area contributed by atoms with Gasteiger partial charge in [-0.05, 0) is 11.6 Å². The van der Waals surface area contributed by atoms with Gasteiger partial charge in [0, 0.05) is 12.8 Å². The molecule has 1 aromatic rings. The number of carbonyl (C=O) groups is 1. The van der Waals surface area contributed by atoms with Crippen LogP contribution in [0.25, 0.3) is 6.08 Å². The molecule has 0 aliphatic heterocycles. The van der Waals surface area contributed by atoms with E-state index in [9.17, 15) is 4.79 Å². The van der Waals surface area contributed by atoms with Crippen LogP contribution in [0.5, 0.6) is 0 Å². The molecule has 0 amide bonds. The molecule has 0 saturated carbocycles. The maximum absolute atomic E-state index is 11.6. The minimum absolute atomic E-state index is 0.210. The van der Waals surface area contributed by atoms with Crippen LogP contribution in [0.1, 0.15) is 18.4 Å². The molecule has 1 rings (SSSR count). The van der Waals surface area contributed by atoms with Gasteiger partial charge in [-0.1, -0.05) is 36.4 Å². The van der Waals surface area contributed by atoms with E-state index >= 15 is 0 Å². The van der Waals surface area contributed by atoms with E-state index < -0.39 is 0 Å². The SMILES string of the molecule is C[N+](C)(C)CCCC(=O)C=Cc1ccccc1. The van der Waals surface area contributed by atoms with E-state index in [-0.39, 0.29) is 5.78 Å². The van der Waals surface area contributed by atoms with Crippen LogP contribution < -0.4 is 0 Å². The maximum Gasteiger partial charge on any atom is 0.155 e. The molecule has 17 heavy (non-hydrogen) atoms. The second-order valence-corrected chi connectivity index (χ2v) is 5.33. The number of carbonyl (C=O) groups excluding carboxylic acids is 1. The highest BCUT2D eigenvalue weighted by Gasteiger charge is 2.07. The molecule has 0 aliphatic rings. The van der Waals surface area contributed by atoms with Crippen LogP contribution in [-0.2, 0) is 4.79 Å². The summed E-state index contributed by atoms with van der Waals surface area (Å²) in [6.45, 7) is 1.03. The normalized spacial score (nSPS) is 11.9. The van der Waals surface area contributed by atoms with Gasteiger partial charge in [0.2, 0.25) is 0 Å². The highest BCUT2D eigenvalue weighted by Crippen LogP contribution is 2.03. The molecule has 0 saturated heterocycles. The Morgan fingerprint density at radius 2 is 1.82 bits per heavy atom. The van der Waals surface area contributed by atoms with Gasteiger partial charge in [0.15, 0.2) is 5.78 Å². The number of benzene rings is 1. The first-order valence-electron chi connectivity index (χ1n) is 6.04. The van der Waals surface area contributed by atoms with Crippen LogP contribution >= 0.6 is 0 Å². The molecule has 1 aromatic carbocycles. The Labute approximate surface area is 104 Å². The quantitative estimate of drug-likeness (QED) is 0.544. The lowest BCUT2D eigenvalue weighted by atomic mass is 10.1. The number of nitrogens with zero attached hydrogens (tertiary/aromatic N) is 1. The largest absolute Gasteiger partial charge is 0.331 e. The van der Waals surface area contributed by atoms with E-state index in [1.54, 1.807) is 6.08 Å². The summed E-state index contributed by atoms with van der Waals surface area (Å²) < 4.78 is 0.912. The van der Waals surface area contributed by atoms with Crippen molar-refractivity contribution in [1.82, 2.24) is 0 Å². The molecule has 92 valence electrons. The minimum Gasteiger partial charge on any atom is -0.331 e. The zero-order chi connectivity index (χ0) is 12.7. The van der Waals surface area contributed by atoms with Gasteiger partial charge in [-0.3, -0.25) is 4.79 Å². The smallest absolute Gasteiger partial charge is 0.155 e. The molecule has 0 aromatic heterocycles. The third-order valence-electron chi connectivity index (χ3n) is 2.51. The second-order valence-electron chi connectivity index (χ2n) is 5.33. The van der Waals surface area contributed by atoms with Gasteiger partial charge >= 0.3 is 0 Å². The zero-order valence-electron chi connectivity index (χ0n) is 11.0. The molecule has 0 spiro atoms. The number of quaternary nitrogens is 1. The molecule has 0 radical (unpaired) electrons. The Bertz CT molecular complexity index is 374. The predicted molar refractivity (Wildman–Crippen MR) is 72.6 cm³/mol. The average Bonchev–Trinajstić information content (AvgIpc) is 2.26. The van der Waals surface area contributed by atoms with Crippen molar-refractivity contribution in [2.24, 2.45) is 0 Å². The Balaban J connectivity index is 2.33. The summed E-state index contributed by atoms with van der Waals surface area (Å²) in [5.41, 5.74) is 1.08. The van der Waals surface area contributed by atoms with Gasteiger partial charge < -0.3 is 4.48 Å². The van der Waals surface area contributed by atoms with Crippen LogP contribution in [-0.4, -0.2) is 38.0 Å². The van der Waals surface area contributed by atoms with Gasteiger partial charge in [-0.25, -0.2) is 0 Å². The number of hydrogen-bond acceptors (Lipinski definition) is 1. The van der Waals surface area contributed by atoms with E-state index in [4.69, 9.17) is 0 Å². The molecular weight excluding hydrogens is 210 g/mol. The zero-order valence-corrected chi connectivity index (χ0v) is 11.0. The van der Waals surface area contributed by atoms with Crippen LogP contribution in [0.2, 0.25) is 0 Å². The standard InChI is InChI=1S/C15H22NO/c1-16(2,3)13-7-10-15(17)12-11-14-8-5-4-6-9-14/h4-6,8-9,11-12H,7,10,13H2,1-3H3/q+1. The molecule has 0 fully saturated rings. The molecule has 2 heteroatoms. The monoisotopic (exact) mass is 232 g/mol. The van der Waals surface area contributed by atoms with Crippen molar-refractivity contribution in [2.75, 3.05) is 27.7 Å². The first-order chi connectivity index (χ1) is 7.97. The first-order valence-corrected chi connectivity index (χ1v) is 6.04. The number of rotatable bonds is 6. The highest BCUT2D eigenvalue weighted by molar-refractivity contribution is 5.93. The highest BCUT2D eigenvalue weighted by atomic mass is 16.1. The Morgan fingerprint density at radius 1 is 1.18 bits per heavy atom. The summed E-state index contributed by atoms with van der Waals surface area (Å²) in [7, 11) is 6.43. The molecule has 0 N–H and O–H groups in total. The van der Waals surface area contributed by atoms with E-state index in [0.717, 1.165) is 23.0 Å². The van der Waals surface area contributed by atoms with Crippen LogP contribution in [0.4, 0.5) is 0 Å². The lowest BCUT2D eigenvalue weighted by Crippen LogP contribution is -2.35. The van der Waals surface area contributed by atoms with Crippen molar-refractivity contribution < 1.29 is 9.28 Å². The fourth-order valence-corrected chi connectivity index (χ4v) is 1.56. The number of hydrogen-bond donors (Lipinski definition) is 0. The average molecular weight is 232 g/mol. The summed E-state index contributed by atoms with van der Waals surface area (Å²) in [6, 6.07) is 9.91. The van der Waals surface area contributed by atoms with Crippen molar-refractivity contribution in [3.63, 3.8) is 0 Å². The molecular formula is C15H22NO+. The molecule has 0 atom stereocenters. The number of ketones is 1. The molecule has 0 bridgehead atoms. The van der Waals surface area contributed by atoms with Gasteiger partial charge in [-0.2, -0.15) is 0 Å². The third-order valence-corrected chi connectivity index (χ3v) is 2.51. The van der Waals surface area contributed by atoms with Gasteiger partial charge in [0.1, 0.15) is 0 Å². The molecule has 2 nitrogen and oxygen atoms in total. The van der Waals surface area contributed by atoms with Crippen LogP contribution in [0.15, 0.2) is 36.4 Å². The summed E-state index contributed by atoms with van der Waals surface area (Å²) in [6.07, 6.45) is 5.15. The Hall–Kier alpha value is -1.41. The van der Waals surface area contributed by atoms with E-state index in [1.165, 1.54) is 0 Å². The van der Waals surface area contributed by atoms with Gasteiger partial charge in [0.05, 0.1) is 27.7 Å². The van der Waals surface area contributed by atoms with Gasteiger partial charge in [-0.15, -0.1) is 0 Å². The van der Waals surface area contributed by atoms with Crippen LogP contribution in [0.3, 0.4) is 0 Å². The Morgan fingerprint density at radius 3 is 2.41 bits per heavy atom. The third kappa shape index (κ3) is 6.69. The lowest BCUT2D eigenvalue weighted by Gasteiger charge is -2.23. The second kappa shape index (κ2) is 6.36. The van der Waals surface area contributed by atoms with E-state index in [1.807, 2.05) is 36.4 Å². The Kier molecular flexibility index (Phi) is 5.11. The fourth-order valence-electron chi connectivity index (χ4n) is 1.56. The summed E-state index contributed by atoms with van der Waals surface area (Å²) in [5.74, 6) is 0.210. The van der Waals surface area contributed by atoms with Crippen molar-refractivity contribution >= 4 is 11.9 Å². The van der Waals surface area contributed by atoms with Crippen molar-refractivity contribution in [1.29, 1.82) is 0 Å². The predicted octanol–water partition coefficient (Wildman–Crippen LogP) is 2.76. The van der Waals surface area contributed by atoms with Crippen LogP contribution in [0, 0.1) is 0 Å². The van der Waals surface area contributed by atoms with Crippen molar-refractivity contribution in [3.05, 3.63) is 42.0 Å². The topological polar surface area (TPSA) is 17.1 Å². The minimum atomic E-state index is 0.210. The van der Waals surface area contributed by atoms with E-state index in [2.05, 4.69) is 21.1 Å². The van der Waals surface area contributed by atoms with Crippen molar-refractivity contribution in [2.45, 2.75) is 12.8 Å².